The van der Waals surface area contributed by atoms with E-state index in [0.29, 0.717) is 10.2 Å². The van der Waals surface area contributed by atoms with E-state index in [-0.39, 0.29) is 5.82 Å². The van der Waals surface area contributed by atoms with Gasteiger partial charge in [-0.2, -0.15) is 0 Å². The van der Waals surface area contributed by atoms with Gasteiger partial charge in [0.05, 0.1) is 31.1 Å². The van der Waals surface area contributed by atoms with Crippen molar-refractivity contribution in [3.8, 4) is 0 Å². The van der Waals surface area contributed by atoms with Crippen molar-refractivity contribution in [1.29, 1.82) is 0 Å². The predicted octanol–water partition coefficient (Wildman–Crippen LogP) is 4.83. The van der Waals surface area contributed by atoms with E-state index in [1.54, 1.807) is 23.5 Å². The third-order valence-corrected chi connectivity index (χ3v) is 4.41. The van der Waals surface area contributed by atoms with Crippen molar-refractivity contribution in [3.05, 3.63) is 45.6 Å². The largest absolute Gasteiger partial charge is 0.397 e. The molecular formula is C14H11BrFN3S. The number of hydrogen-bond acceptors (Lipinski definition) is 4. The maximum Gasteiger partial charge on any atom is 0.137 e. The second-order valence-electron chi connectivity index (χ2n) is 4.39. The fourth-order valence-corrected chi connectivity index (χ4v) is 3.18. The van der Waals surface area contributed by atoms with Crippen LogP contribution in [0.1, 0.15) is 5.01 Å². The van der Waals surface area contributed by atoms with Crippen LogP contribution in [0.15, 0.2) is 34.8 Å². The Labute approximate surface area is 127 Å². The Kier molecular flexibility index (Phi) is 3.35. The number of rotatable bonds is 2. The standard InChI is InChI=1S/C14H11BrFN3S/c1-7-18-13-6-12(11(17)5-14(13)20-7)19-8-2-3-10(16)9(15)4-8/h2-6,19H,17H2,1H3. The first-order chi connectivity index (χ1) is 9.52. The van der Waals surface area contributed by atoms with Crippen LogP contribution < -0.4 is 11.1 Å². The highest BCUT2D eigenvalue weighted by Gasteiger charge is 2.07. The molecule has 3 rings (SSSR count). The molecule has 0 atom stereocenters. The summed E-state index contributed by atoms with van der Waals surface area (Å²) in [6, 6.07) is 8.54. The highest BCUT2D eigenvalue weighted by molar-refractivity contribution is 9.10. The quantitative estimate of drug-likeness (QED) is 0.650. The summed E-state index contributed by atoms with van der Waals surface area (Å²) in [6.07, 6.45) is 0. The zero-order valence-electron chi connectivity index (χ0n) is 10.6. The Morgan fingerprint density at radius 1 is 1.30 bits per heavy atom. The molecule has 0 aliphatic carbocycles. The molecule has 0 fully saturated rings. The molecule has 0 aliphatic heterocycles. The first-order valence-corrected chi connectivity index (χ1v) is 7.52. The molecule has 0 radical (unpaired) electrons. The number of aryl methyl sites for hydroxylation is 1. The van der Waals surface area contributed by atoms with E-state index in [4.69, 9.17) is 5.73 Å². The summed E-state index contributed by atoms with van der Waals surface area (Å²) in [5.41, 5.74) is 9.12. The van der Waals surface area contributed by atoms with E-state index < -0.39 is 0 Å². The molecule has 2 aromatic carbocycles. The molecule has 1 heterocycles. The highest BCUT2D eigenvalue weighted by Crippen LogP contribution is 2.32. The Morgan fingerprint density at radius 2 is 2.10 bits per heavy atom. The Morgan fingerprint density at radius 3 is 2.85 bits per heavy atom. The number of nitrogens with zero attached hydrogens (tertiary/aromatic N) is 1. The van der Waals surface area contributed by atoms with Crippen molar-refractivity contribution in [2.45, 2.75) is 6.92 Å². The fourth-order valence-electron chi connectivity index (χ4n) is 1.94. The molecule has 20 heavy (non-hydrogen) atoms. The number of nitrogens with one attached hydrogen (secondary N) is 1. The van der Waals surface area contributed by atoms with E-state index in [2.05, 4.69) is 26.2 Å². The normalized spacial score (nSPS) is 10.9. The van der Waals surface area contributed by atoms with Crippen LogP contribution in [0, 0.1) is 12.7 Å². The number of fused-ring (bicyclic) bond motifs is 1. The van der Waals surface area contributed by atoms with Crippen LogP contribution in [-0.4, -0.2) is 4.98 Å². The second-order valence-corrected chi connectivity index (χ2v) is 6.48. The maximum atomic E-state index is 13.2. The molecule has 3 aromatic rings. The van der Waals surface area contributed by atoms with E-state index >= 15 is 0 Å². The zero-order chi connectivity index (χ0) is 14.3. The third kappa shape index (κ3) is 2.48. The van der Waals surface area contributed by atoms with Crippen molar-refractivity contribution in [2.24, 2.45) is 0 Å². The van der Waals surface area contributed by atoms with Gasteiger partial charge in [-0.1, -0.05) is 0 Å². The van der Waals surface area contributed by atoms with Gasteiger partial charge in [0, 0.05) is 5.69 Å². The molecule has 3 N–H and O–H groups in total. The summed E-state index contributed by atoms with van der Waals surface area (Å²) in [4.78, 5) is 4.44. The van der Waals surface area contributed by atoms with Gasteiger partial charge >= 0.3 is 0 Å². The summed E-state index contributed by atoms with van der Waals surface area (Å²) in [5, 5.41) is 4.19. The van der Waals surface area contributed by atoms with Crippen LogP contribution in [0.25, 0.3) is 10.2 Å². The molecule has 6 heteroatoms. The molecule has 0 spiro atoms. The van der Waals surface area contributed by atoms with Gasteiger partial charge in [-0.15, -0.1) is 11.3 Å². The third-order valence-electron chi connectivity index (χ3n) is 2.87. The van der Waals surface area contributed by atoms with E-state index in [1.807, 2.05) is 19.1 Å². The zero-order valence-corrected chi connectivity index (χ0v) is 13.0. The van der Waals surface area contributed by atoms with Crippen molar-refractivity contribution < 1.29 is 4.39 Å². The van der Waals surface area contributed by atoms with Crippen LogP contribution in [0.5, 0.6) is 0 Å². The number of nitrogen functional groups attached to an aromatic ring is 1. The molecule has 102 valence electrons. The van der Waals surface area contributed by atoms with Crippen molar-refractivity contribution in [3.63, 3.8) is 0 Å². The Balaban J connectivity index is 2.00. The molecule has 0 saturated carbocycles. The molecular weight excluding hydrogens is 341 g/mol. The lowest BCUT2D eigenvalue weighted by molar-refractivity contribution is 0.621. The molecule has 0 amide bonds. The Hall–Kier alpha value is -1.66. The van der Waals surface area contributed by atoms with Crippen LogP contribution in [0.3, 0.4) is 0 Å². The van der Waals surface area contributed by atoms with Gasteiger partial charge in [0.2, 0.25) is 0 Å². The van der Waals surface area contributed by atoms with Crippen LogP contribution >= 0.6 is 27.3 Å². The number of anilines is 3. The first kappa shape index (κ1) is 13.3. The average molecular weight is 352 g/mol. The fraction of sp³-hybridized carbons (Fsp3) is 0.0714. The number of aromatic nitrogens is 1. The van der Waals surface area contributed by atoms with Crippen LogP contribution in [0.4, 0.5) is 21.5 Å². The van der Waals surface area contributed by atoms with E-state index in [1.165, 1.54) is 6.07 Å². The van der Waals surface area contributed by atoms with Gasteiger partial charge < -0.3 is 11.1 Å². The maximum absolute atomic E-state index is 13.2. The van der Waals surface area contributed by atoms with Crippen LogP contribution in [0.2, 0.25) is 0 Å². The van der Waals surface area contributed by atoms with Gasteiger partial charge in [-0.25, -0.2) is 9.37 Å². The number of halogens is 2. The lowest BCUT2D eigenvalue weighted by Gasteiger charge is -2.10. The molecule has 0 saturated heterocycles. The monoisotopic (exact) mass is 351 g/mol. The molecule has 1 aromatic heterocycles. The van der Waals surface area contributed by atoms with Crippen molar-refractivity contribution in [1.82, 2.24) is 4.98 Å². The number of nitrogens with two attached hydrogens (primary N) is 1. The van der Waals surface area contributed by atoms with Gasteiger partial charge in [0.25, 0.3) is 0 Å². The Bertz CT molecular complexity index is 800. The van der Waals surface area contributed by atoms with Crippen LogP contribution in [-0.2, 0) is 0 Å². The smallest absolute Gasteiger partial charge is 0.137 e. The average Bonchev–Trinajstić information content (AvgIpc) is 2.73. The summed E-state index contributed by atoms with van der Waals surface area (Å²) in [5.74, 6) is -0.297. The summed E-state index contributed by atoms with van der Waals surface area (Å²) in [6.45, 7) is 1.96. The minimum Gasteiger partial charge on any atom is -0.397 e. The van der Waals surface area contributed by atoms with Gasteiger partial charge in [0.15, 0.2) is 0 Å². The second kappa shape index (κ2) is 5.03. The van der Waals surface area contributed by atoms with Gasteiger partial charge in [-0.05, 0) is 53.2 Å². The minimum absolute atomic E-state index is 0.297. The summed E-state index contributed by atoms with van der Waals surface area (Å²) < 4.78 is 14.7. The minimum atomic E-state index is -0.297. The van der Waals surface area contributed by atoms with Gasteiger partial charge in [-0.3, -0.25) is 0 Å². The predicted molar refractivity (Wildman–Crippen MR) is 86.2 cm³/mol. The first-order valence-electron chi connectivity index (χ1n) is 5.91. The van der Waals surface area contributed by atoms with Gasteiger partial charge in [0.1, 0.15) is 5.82 Å². The van der Waals surface area contributed by atoms with E-state index in [0.717, 1.165) is 26.6 Å². The van der Waals surface area contributed by atoms with Crippen molar-refractivity contribution in [2.75, 3.05) is 11.1 Å². The SMILES string of the molecule is Cc1nc2cc(Nc3ccc(F)c(Br)c3)c(N)cc2s1. The van der Waals surface area contributed by atoms with E-state index in [9.17, 15) is 4.39 Å². The number of thiazole rings is 1. The lowest BCUT2D eigenvalue weighted by Crippen LogP contribution is -1.96. The molecule has 3 nitrogen and oxygen atoms in total. The lowest BCUT2D eigenvalue weighted by atomic mass is 10.2. The van der Waals surface area contributed by atoms with Crippen molar-refractivity contribution >= 4 is 54.5 Å². The topological polar surface area (TPSA) is 50.9 Å². The number of benzene rings is 2. The molecule has 0 unspecified atom stereocenters. The summed E-state index contributed by atoms with van der Waals surface area (Å²) in [7, 11) is 0. The summed E-state index contributed by atoms with van der Waals surface area (Å²) >= 11 is 4.77. The molecule has 0 aliphatic rings. The number of hydrogen-bond donors (Lipinski definition) is 2. The highest BCUT2D eigenvalue weighted by atomic mass is 79.9. The molecule has 0 bridgehead atoms.